The SMILES string of the molecule is C#CCOc1ccc([C@@H]2CC(=O)Nc3c2c(=O)nc(SCc2ccccc2Cl)n3C)cc1. The van der Waals surface area contributed by atoms with E-state index in [1.165, 1.54) is 11.8 Å². The number of hydrogen-bond acceptors (Lipinski definition) is 5. The van der Waals surface area contributed by atoms with Crippen LogP contribution in [-0.2, 0) is 17.6 Å². The average molecular weight is 466 g/mol. The fourth-order valence-corrected chi connectivity index (χ4v) is 4.88. The Morgan fingerprint density at radius 1 is 1.25 bits per heavy atom. The van der Waals surface area contributed by atoms with Gasteiger partial charge in [-0.05, 0) is 29.3 Å². The number of carbonyl (C=O) groups is 1. The normalized spacial score (nSPS) is 14.9. The molecular weight excluding hydrogens is 446 g/mol. The van der Waals surface area contributed by atoms with Crippen LogP contribution in [0, 0.1) is 12.3 Å². The maximum absolute atomic E-state index is 13.1. The number of nitrogens with zero attached hydrogens (tertiary/aromatic N) is 2. The minimum Gasteiger partial charge on any atom is -0.481 e. The van der Waals surface area contributed by atoms with E-state index < -0.39 is 5.92 Å². The summed E-state index contributed by atoms with van der Waals surface area (Å²) in [7, 11) is 1.79. The van der Waals surface area contributed by atoms with E-state index in [4.69, 9.17) is 22.8 Å². The summed E-state index contributed by atoms with van der Waals surface area (Å²) in [6.07, 6.45) is 5.39. The number of thioether (sulfide) groups is 1. The Balaban J connectivity index is 1.66. The molecule has 0 unspecified atom stereocenters. The molecule has 2 heterocycles. The minimum atomic E-state index is -0.394. The first-order valence-electron chi connectivity index (χ1n) is 9.91. The quantitative estimate of drug-likeness (QED) is 0.335. The van der Waals surface area contributed by atoms with Gasteiger partial charge in [0.1, 0.15) is 18.2 Å². The standard InChI is InChI=1S/C24H20ClN3O3S/c1-3-12-31-17-10-8-15(9-11-17)18-13-20(29)26-22-21(18)23(30)27-24(28(22)2)32-14-16-6-4-5-7-19(16)25/h1,4-11,18H,12-14H2,2H3,(H,26,29)/t18-/m0/s1. The van der Waals surface area contributed by atoms with Gasteiger partial charge in [-0.2, -0.15) is 4.98 Å². The van der Waals surface area contributed by atoms with Crippen LogP contribution in [0.2, 0.25) is 5.02 Å². The lowest BCUT2D eigenvalue weighted by Gasteiger charge is -2.27. The van der Waals surface area contributed by atoms with Crippen molar-refractivity contribution in [3.63, 3.8) is 0 Å². The predicted molar refractivity (Wildman–Crippen MR) is 126 cm³/mol. The summed E-state index contributed by atoms with van der Waals surface area (Å²) in [5, 5.41) is 4.02. The number of fused-ring (bicyclic) bond motifs is 1. The van der Waals surface area contributed by atoms with Crippen LogP contribution in [0.15, 0.2) is 58.5 Å². The number of carbonyl (C=O) groups excluding carboxylic acids is 1. The van der Waals surface area contributed by atoms with E-state index in [1.54, 1.807) is 23.7 Å². The molecule has 0 saturated heterocycles. The summed E-state index contributed by atoms with van der Waals surface area (Å²) in [6.45, 7) is 0.174. The van der Waals surface area contributed by atoms with Crippen molar-refractivity contribution in [1.82, 2.24) is 9.55 Å². The molecule has 4 rings (SSSR count). The zero-order valence-corrected chi connectivity index (χ0v) is 18.9. The Morgan fingerprint density at radius 2 is 2.00 bits per heavy atom. The topological polar surface area (TPSA) is 73.2 Å². The van der Waals surface area contributed by atoms with Crippen LogP contribution in [0.1, 0.15) is 29.0 Å². The molecular formula is C24H20ClN3O3S. The monoisotopic (exact) mass is 465 g/mol. The molecule has 162 valence electrons. The molecule has 8 heteroatoms. The molecule has 1 N–H and O–H groups in total. The number of rotatable bonds is 6. The molecule has 32 heavy (non-hydrogen) atoms. The van der Waals surface area contributed by atoms with Crippen molar-refractivity contribution in [2.24, 2.45) is 7.05 Å². The van der Waals surface area contributed by atoms with Crippen LogP contribution in [0.25, 0.3) is 0 Å². The molecule has 0 fully saturated rings. The second-order valence-corrected chi connectivity index (χ2v) is 8.62. The van der Waals surface area contributed by atoms with Crippen LogP contribution in [0.3, 0.4) is 0 Å². The Labute approximate surface area is 195 Å². The lowest BCUT2D eigenvalue weighted by Crippen LogP contribution is -2.33. The third kappa shape index (κ3) is 4.52. The highest BCUT2D eigenvalue weighted by Crippen LogP contribution is 2.36. The van der Waals surface area contributed by atoms with Crippen LogP contribution in [-0.4, -0.2) is 22.1 Å². The smallest absolute Gasteiger partial charge is 0.279 e. The van der Waals surface area contributed by atoms with E-state index in [0.29, 0.717) is 33.1 Å². The first-order valence-corrected chi connectivity index (χ1v) is 11.3. The maximum atomic E-state index is 13.1. The van der Waals surface area contributed by atoms with Crippen LogP contribution < -0.4 is 15.6 Å². The molecule has 1 aromatic heterocycles. The maximum Gasteiger partial charge on any atom is 0.279 e. The van der Waals surface area contributed by atoms with Gasteiger partial charge in [0.25, 0.3) is 5.56 Å². The number of anilines is 1. The minimum absolute atomic E-state index is 0.154. The lowest BCUT2D eigenvalue weighted by atomic mass is 9.87. The molecule has 1 aliphatic rings. The summed E-state index contributed by atoms with van der Waals surface area (Å²) in [6, 6.07) is 14.8. The molecule has 1 atom stereocenters. The number of halogens is 1. The van der Waals surface area contributed by atoms with Gasteiger partial charge in [-0.15, -0.1) is 6.42 Å². The molecule has 3 aromatic rings. The fourth-order valence-electron chi connectivity index (χ4n) is 3.63. The second kappa shape index (κ2) is 9.51. The van der Waals surface area contributed by atoms with Gasteiger partial charge in [-0.1, -0.05) is 59.6 Å². The van der Waals surface area contributed by atoms with E-state index in [-0.39, 0.29) is 24.5 Å². The Kier molecular flexibility index (Phi) is 6.54. The third-order valence-electron chi connectivity index (χ3n) is 5.22. The number of terminal acetylenes is 1. The van der Waals surface area contributed by atoms with Crippen LogP contribution in [0.4, 0.5) is 5.82 Å². The van der Waals surface area contributed by atoms with Crippen molar-refractivity contribution in [1.29, 1.82) is 0 Å². The number of nitrogens with one attached hydrogen (secondary N) is 1. The van der Waals surface area contributed by atoms with Gasteiger partial charge in [0.05, 0.1) is 5.56 Å². The van der Waals surface area contributed by atoms with Crippen LogP contribution in [0.5, 0.6) is 5.75 Å². The van der Waals surface area contributed by atoms with Crippen LogP contribution >= 0.6 is 23.4 Å². The lowest BCUT2D eigenvalue weighted by molar-refractivity contribution is -0.116. The summed E-state index contributed by atoms with van der Waals surface area (Å²) in [4.78, 5) is 29.9. The van der Waals surface area contributed by atoms with Crippen molar-refractivity contribution >= 4 is 35.1 Å². The summed E-state index contributed by atoms with van der Waals surface area (Å²) < 4.78 is 7.17. The van der Waals surface area contributed by atoms with Gasteiger partial charge < -0.3 is 14.6 Å². The highest BCUT2D eigenvalue weighted by Gasteiger charge is 2.32. The second-order valence-electron chi connectivity index (χ2n) is 7.27. The molecule has 2 aromatic carbocycles. The first kappa shape index (κ1) is 22.0. The van der Waals surface area contributed by atoms with Gasteiger partial charge in [-0.25, -0.2) is 0 Å². The van der Waals surface area contributed by atoms with Gasteiger partial charge in [-0.3, -0.25) is 9.59 Å². The molecule has 0 aliphatic carbocycles. The highest BCUT2D eigenvalue weighted by molar-refractivity contribution is 7.98. The third-order valence-corrected chi connectivity index (χ3v) is 6.67. The molecule has 0 radical (unpaired) electrons. The van der Waals surface area contributed by atoms with Crippen molar-refractivity contribution < 1.29 is 9.53 Å². The van der Waals surface area contributed by atoms with E-state index in [9.17, 15) is 9.59 Å². The fraction of sp³-hybridized carbons (Fsp3) is 0.208. The molecule has 0 spiro atoms. The number of aromatic nitrogens is 2. The first-order chi connectivity index (χ1) is 15.5. The molecule has 6 nitrogen and oxygen atoms in total. The Bertz CT molecular complexity index is 1260. The van der Waals surface area contributed by atoms with Gasteiger partial charge in [0.2, 0.25) is 5.91 Å². The number of amides is 1. The van der Waals surface area contributed by atoms with Crippen molar-refractivity contribution in [3.05, 3.63) is 80.6 Å². The molecule has 1 aliphatic heterocycles. The molecule has 0 bridgehead atoms. The van der Waals surface area contributed by atoms with Crippen molar-refractivity contribution in [2.75, 3.05) is 11.9 Å². The largest absolute Gasteiger partial charge is 0.481 e. The van der Waals surface area contributed by atoms with E-state index >= 15 is 0 Å². The van der Waals surface area contributed by atoms with E-state index in [2.05, 4.69) is 16.2 Å². The molecule has 0 saturated carbocycles. The number of benzene rings is 2. The summed E-state index contributed by atoms with van der Waals surface area (Å²) in [5.41, 5.74) is 1.91. The average Bonchev–Trinajstić information content (AvgIpc) is 2.79. The van der Waals surface area contributed by atoms with Gasteiger partial charge >= 0.3 is 0 Å². The van der Waals surface area contributed by atoms with Gasteiger partial charge in [0, 0.05) is 30.2 Å². The zero-order chi connectivity index (χ0) is 22.7. The predicted octanol–water partition coefficient (Wildman–Crippen LogP) is 4.21. The van der Waals surface area contributed by atoms with Crippen molar-refractivity contribution in [2.45, 2.75) is 23.2 Å². The summed E-state index contributed by atoms with van der Waals surface area (Å²) in [5.74, 6) is 3.52. The number of hydrogen-bond donors (Lipinski definition) is 1. The number of ether oxygens (including phenoxy) is 1. The van der Waals surface area contributed by atoms with Gasteiger partial charge in [0.15, 0.2) is 5.16 Å². The highest BCUT2D eigenvalue weighted by atomic mass is 35.5. The Hall–Kier alpha value is -3.21. The van der Waals surface area contributed by atoms with E-state index in [1.807, 2.05) is 36.4 Å². The summed E-state index contributed by atoms with van der Waals surface area (Å²) >= 11 is 7.64. The van der Waals surface area contributed by atoms with E-state index in [0.717, 1.165) is 11.1 Å². The van der Waals surface area contributed by atoms with Crippen molar-refractivity contribution in [3.8, 4) is 18.1 Å². The Morgan fingerprint density at radius 3 is 2.72 bits per heavy atom. The zero-order valence-electron chi connectivity index (χ0n) is 17.3. The molecule has 1 amide bonds.